The van der Waals surface area contributed by atoms with Gasteiger partial charge in [-0.2, -0.15) is 9.57 Å². The average molecular weight is 609 g/mol. The van der Waals surface area contributed by atoms with E-state index in [1.54, 1.807) is 54.6 Å². The average Bonchev–Trinajstić information content (AvgIpc) is 3.40. The van der Waals surface area contributed by atoms with Gasteiger partial charge in [0.1, 0.15) is 23.2 Å². The lowest BCUT2D eigenvalue weighted by Crippen LogP contribution is -2.30. The van der Waals surface area contributed by atoms with Crippen LogP contribution in [-0.2, 0) is 27.9 Å². The van der Waals surface area contributed by atoms with Crippen molar-refractivity contribution in [2.24, 2.45) is 0 Å². The second-order valence-corrected chi connectivity index (χ2v) is 12.2. The highest BCUT2D eigenvalue weighted by Gasteiger charge is 2.27. The predicted molar refractivity (Wildman–Crippen MR) is 159 cm³/mol. The SMILES string of the molecule is Cc1ccc(S(=O)(=O)N(Cc2ccc(/C=C(/C#N)C(=O)N[C@H](C)c3ccccc3)o2)Cc2ccc(Cl)cc2Cl)cc1. The number of carbonyl (C=O) groups is 1. The number of sulfonamides is 1. The number of hydrogen-bond acceptors (Lipinski definition) is 5. The van der Waals surface area contributed by atoms with E-state index in [-0.39, 0.29) is 35.4 Å². The molecular weight excluding hydrogens is 581 g/mol. The van der Waals surface area contributed by atoms with Crippen molar-refractivity contribution in [1.82, 2.24) is 9.62 Å². The Morgan fingerprint density at radius 1 is 1.02 bits per heavy atom. The molecule has 4 aromatic rings. The van der Waals surface area contributed by atoms with E-state index in [0.717, 1.165) is 11.1 Å². The Kier molecular flexibility index (Phi) is 9.69. The van der Waals surface area contributed by atoms with Crippen molar-refractivity contribution in [2.75, 3.05) is 0 Å². The topological polar surface area (TPSA) is 103 Å². The summed E-state index contributed by atoms with van der Waals surface area (Å²) in [5, 5.41) is 13.2. The van der Waals surface area contributed by atoms with E-state index in [0.29, 0.717) is 21.4 Å². The lowest BCUT2D eigenvalue weighted by Gasteiger charge is -2.22. The molecule has 0 bridgehead atoms. The molecule has 0 spiro atoms. The van der Waals surface area contributed by atoms with Crippen LogP contribution >= 0.6 is 23.2 Å². The van der Waals surface area contributed by atoms with E-state index in [1.165, 1.54) is 10.4 Å². The normalized spacial score (nSPS) is 12.6. The summed E-state index contributed by atoms with van der Waals surface area (Å²) in [6.07, 6.45) is 1.32. The number of furan rings is 1. The molecular formula is C31H27Cl2N3O4S. The Morgan fingerprint density at radius 2 is 1.73 bits per heavy atom. The number of halogens is 2. The van der Waals surface area contributed by atoms with Crippen LogP contribution in [0.1, 0.15) is 41.2 Å². The highest BCUT2D eigenvalue weighted by atomic mass is 35.5. The molecule has 0 saturated carbocycles. The van der Waals surface area contributed by atoms with Gasteiger partial charge < -0.3 is 9.73 Å². The standard InChI is InChI=1S/C31H27Cl2N3O4S/c1-21-8-14-29(15-9-21)41(38,39)36(19-24-10-11-26(32)17-30(24)33)20-28-13-12-27(40-28)16-25(18-34)31(37)35-22(2)23-6-4-3-5-7-23/h3-17,22H,19-20H2,1-2H3,(H,35,37)/b25-16-/t22-/m1/s1. The van der Waals surface area contributed by atoms with Crippen LogP contribution in [0.25, 0.3) is 6.08 Å². The minimum atomic E-state index is -3.96. The van der Waals surface area contributed by atoms with Crippen LogP contribution in [0.3, 0.4) is 0 Å². The summed E-state index contributed by atoms with van der Waals surface area (Å²) < 4.78 is 34.5. The second kappa shape index (κ2) is 13.2. The third-order valence-corrected chi connectivity index (χ3v) is 8.73. The molecule has 3 aromatic carbocycles. The fraction of sp³-hybridized carbons (Fsp3) is 0.161. The molecule has 1 atom stereocenters. The molecule has 0 fully saturated rings. The van der Waals surface area contributed by atoms with Crippen molar-refractivity contribution in [2.45, 2.75) is 37.9 Å². The number of rotatable bonds is 10. The first-order valence-electron chi connectivity index (χ1n) is 12.6. The van der Waals surface area contributed by atoms with Gasteiger partial charge in [-0.05, 0) is 61.4 Å². The van der Waals surface area contributed by atoms with Crippen molar-refractivity contribution in [3.63, 3.8) is 0 Å². The monoisotopic (exact) mass is 607 g/mol. The zero-order chi connectivity index (χ0) is 29.6. The molecule has 1 N–H and O–H groups in total. The molecule has 1 amide bonds. The largest absolute Gasteiger partial charge is 0.460 e. The number of aryl methyl sites for hydroxylation is 1. The Balaban J connectivity index is 1.58. The summed E-state index contributed by atoms with van der Waals surface area (Å²) in [4.78, 5) is 12.9. The van der Waals surface area contributed by atoms with Crippen LogP contribution in [-0.4, -0.2) is 18.6 Å². The molecule has 0 aliphatic rings. The van der Waals surface area contributed by atoms with Gasteiger partial charge >= 0.3 is 0 Å². The molecule has 10 heteroatoms. The van der Waals surface area contributed by atoms with E-state index in [1.807, 2.05) is 50.2 Å². The quantitative estimate of drug-likeness (QED) is 0.153. The fourth-order valence-corrected chi connectivity index (χ4v) is 5.90. The zero-order valence-electron chi connectivity index (χ0n) is 22.3. The smallest absolute Gasteiger partial charge is 0.262 e. The maximum atomic E-state index is 13.7. The van der Waals surface area contributed by atoms with Crippen molar-refractivity contribution in [1.29, 1.82) is 5.26 Å². The molecule has 4 rings (SSSR count). The summed E-state index contributed by atoms with van der Waals surface area (Å²) in [6.45, 7) is 3.53. The van der Waals surface area contributed by atoms with Crippen LogP contribution in [0, 0.1) is 18.3 Å². The lowest BCUT2D eigenvalue weighted by atomic mass is 10.1. The highest BCUT2D eigenvalue weighted by Crippen LogP contribution is 2.27. The Labute approximate surface area is 249 Å². The minimum Gasteiger partial charge on any atom is -0.460 e. The summed E-state index contributed by atoms with van der Waals surface area (Å²) in [7, 11) is -3.96. The minimum absolute atomic E-state index is 0.0404. The van der Waals surface area contributed by atoms with Crippen molar-refractivity contribution < 1.29 is 17.6 Å². The summed E-state index contributed by atoms with van der Waals surface area (Å²) in [5.41, 5.74) is 2.24. The van der Waals surface area contributed by atoms with Gasteiger partial charge in [-0.3, -0.25) is 4.79 Å². The van der Waals surface area contributed by atoms with E-state index in [4.69, 9.17) is 27.6 Å². The molecule has 0 aliphatic carbocycles. The number of hydrogen-bond donors (Lipinski definition) is 1. The van der Waals surface area contributed by atoms with E-state index in [9.17, 15) is 18.5 Å². The predicted octanol–water partition coefficient (Wildman–Crippen LogP) is 7.07. The van der Waals surface area contributed by atoms with Gasteiger partial charge in [-0.15, -0.1) is 0 Å². The molecule has 210 valence electrons. The molecule has 1 heterocycles. The maximum Gasteiger partial charge on any atom is 0.262 e. The van der Waals surface area contributed by atoms with Crippen LogP contribution in [0.15, 0.2) is 99.8 Å². The van der Waals surface area contributed by atoms with Gasteiger partial charge in [0.25, 0.3) is 5.91 Å². The van der Waals surface area contributed by atoms with E-state index < -0.39 is 15.9 Å². The zero-order valence-corrected chi connectivity index (χ0v) is 24.7. The van der Waals surface area contributed by atoms with Gasteiger partial charge in [0.2, 0.25) is 10.0 Å². The first-order valence-corrected chi connectivity index (χ1v) is 14.8. The number of nitrogens with one attached hydrogen (secondary N) is 1. The van der Waals surface area contributed by atoms with Gasteiger partial charge in [0, 0.05) is 22.7 Å². The Hall–Kier alpha value is -3.87. The molecule has 0 aliphatic heterocycles. The van der Waals surface area contributed by atoms with Crippen LogP contribution in [0.4, 0.5) is 0 Å². The van der Waals surface area contributed by atoms with Crippen LogP contribution in [0.2, 0.25) is 10.0 Å². The first-order chi connectivity index (χ1) is 19.6. The van der Waals surface area contributed by atoms with E-state index in [2.05, 4.69) is 5.32 Å². The molecule has 0 unspecified atom stereocenters. The number of amides is 1. The van der Waals surface area contributed by atoms with Crippen LogP contribution < -0.4 is 5.32 Å². The highest BCUT2D eigenvalue weighted by molar-refractivity contribution is 7.89. The summed E-state index contributed by atoms with van der Waals surface area (Å²) >= 11 is 12.4. The molecule has 1 aromatic heterocycles. The maximum absolute atomic E-state index is 13.7. The molecule has 7 nitrogen and oxygen atoms in total. The van der Waals surface area contributed by atoms with Gasteiger partial charge in [0.15, 0.2) is 0 Å². The van der Waals surface area contributed by atoms with Gasteiger partial charge in [-0.25, -0.2) is 8.42 Å². The van der Waals surface area contributed by atoms with Crippen molar-refractivity contribution >= 4 is 45.2 Å². The third kappa shape index (κ3) is 7.66. The number of nitriles is 1. The Morgan fingerprint density at radius 3 is 2.39 bits per heavy atom. The number of carbonyl (C=O) groups excluding carboxylic acids is 1. The van der Waals surface area contributed by atoms with Crippen molar-refractivity contribution in [3.05, 3.63) is 129 Å². The fourth-order valence-electron chi connectivity index (χ4n) is 4.05. The van der Waals surface area contributed by atoms with Crippen LogP contribution in [0.5, 0.6) is 0 Å². The Bertz CT molecular complexity index is 1710. The second-order valence-electron chi connectivity index (χ2n) is 9.40. The molecule has 41 heavy (non-hydrogen) atoms. The van der Waals surface area contributed by atoms with Crippen molar-refractivity contribution in [3.8, 4) is 6.07 Å². The van der Waals surface area contributed by atoms with Gasteiger partial charge in [0.05, 0.1) is 17.5 Å². The first kappa shape index (κ1) is 30.1. The lowest BCUT2D eigenvalue weighted by molar-refractivity contribution is -0.117. The molecule has 0 saturated heterocycles. The summed E-state index contributed by atoms with van der Waals surface area (Å²) in [6, 6.07) is 25.6. The molecule has 0 radical (unpaired) electrons. The van der Waals surface area contributed by atoms with Gasteiger partial charge in [-0.1, -0.05) is 77.3 Å². The summed E-state index contributed by atoms with van der Waals surface area (Å²) in [5.74, 6) is -0.00796. The number of nitrogens with zero attached hydrogens (tertiary/aromatic N) is 2. The van der Waals surface area contributed by atoms with E-state index >= 15 is 0 Å². The number of benzene rings is 3. The third-order valence-electron chi connectivity index (χ3n) is 6.33.